The van der Waals surface area contributed by atoms with Gasteiger partial charge >= 0.3 is 17.9 Å². The van der Waals surface area contributed by atoms with Gasteiger partial charge in [0.15, 0.2) is 6.10 Å². The summed E-state index contributed by atoms with van der Waals surface area (Å²) in [7, 11) is 0. The molecular weight excluding hydrogens is 877 g/mol. The molecule has 0 aliphatic rings. The lowest BCUT2D eigenvalue weighted by Gasteiger charge is -2.18. The monoisotopic (exact) mass is 993 g/mol. The van der Waals surface area contributed by atoms with Gasteiger partial charge in [-0.1, -0.05) is 255 Å². The zero-order valence-electron chi connectivity index (χ0n) is 47.2. The minimum absolute atomic E-state index is 0.0828. The Morgan fingerprint density at radius 2 is 0.549 bits per heavy atom. The Morgan fingerprint density at radius 1 is 0.296 bits per heavy atom. The highest BCUT2D eigenvalue weighted by molar-refractivity contribution is 5.71. The lowest BCUT2D eigenvalue weighted by molar-refractivity contribution is -0.167. The molecule has 0 radical (unpaired) electrons. The summed E-state index contributed by atoms with van der Waals surface area (Å²) in [5, 5.41) is 0. The van der Waals surface area contributed by atoms with Crippen LogP contribution in [0.4, 0.5) is 0 Å². The molecule has 0 aromatic rings. The van der Waals surface area contributed by atoms with Crippen molar-refractivity contribution in [3.05, 3.63) is 60.8 Å². The summed E-state index contributed by atoms with van der Waals surface area (Å²) in [6.45, 7) is 6.54. The molecule has 0 saturated heterocycles. The van der Waals surface area contributed by atoms with Crippen LogP contribution in [0.15, 0.2) is 60.8 Å². The quantitative estimate of drug-likeness (QED) is 0.0261. The summed E-state index contributed by atoms with van der Waals surface area (Å²) in [6, 6.07) is 0. The lowest BCUT2D eigenvalue weighted by atomic mass is 10.0. The summed E-state index contributed by atoms with van der Waals surface area (Å²) in [4.78, 5) is 38.2. The van der Waals surface area contributed by atoms with E-state index >= 15 is 0 Å². The first-order valence-electron chi connectivity index (χ1n) is 30.8. The molecule has 0 amide bonds. The van der Waals surface area contributed by atoms with Crippen LogP contribution in [0.3, 0.4) is 0 Å². The van der Waals surface area contributed by atoms with E-state index in [1.807, 2.05) is 0 Å². The topological polar surface area (TPSA) is 78.9 Å². The molecular formula is C65H116O6. The third kappa shape index (κ3) is 57.9. The van der Waals surface area contributed by atoms with Crippen molar-refractivity contribution in [1.82, 2.24) is 0 Å². The largest absolute Gasteiger partial charge is 0.462 e. The second kappa shape index (κ2) is 59.7. The maximum absolute atomic E-state index is 12.9. The van der Waals surface area contributed by atoms with Gasteiger partial charge in [0.05, 0.1) is 0 Å². The van der Waals surface area contributed by atoms with Gasteiger partial charge in [0.2, 0.25) is 0 Å². The lowest BCUT2D eigenvalue weighted by Crippen LogP contribution is -2.30. The van der Waals surface area contributed by atoms with E-state index < -0.39 is 6.10 Å². The molecule has 71 heavy (non-hydrogen) atoms. The Hall–Kier alpha value is -2.89. The molecule has 0 saturated carbocycles. The van der Waals surface area contributed by atoms with Crippen molar-refractivity contribution >= 4 is 17.9 Å². The molecule has 1 unspecified atom stereocenters. The minimum atomic E-state index is -0.787. The van der Waals surface area contributed by atoms with E-state index in [2.05, 4.69) is 81.5 Å². The van der Waals surface area contributed by atoms with Crippen LogP contribution in [0.5, 0.6) is 0 Å². The number of rotatable bonds is 56. The Labute approximate surface area is 440 Å². The summed E-state index contributed by atoms with van der Waals surface area (Å²) < 4.78 is 16.9. The van der Waals surface area contributed by atoms with Crippen LogP contribution in [0.2, 0.25) is 0 Å². The summed E-state index contributed by atoms with van der Waals surface area (Å²) >= 11 is 0. The predicted molar refractivity (Wildman–Crippen MR) is 307 cm³/mol. The van der Waals surface area contributed by atoms with E-state index in [0.29, 0.717) is 19.3 Å². The molecule has 0 aromatic heterocycles. The van der Waals surface area contributed by atoms with Gasteiger partial charge in [0.25, 0.3) is 0 Å². The van der Waals surface area contributed by atoms with E-state index in [-0.39, 0.29) is 31.1 Å². The first-order valence-corrected chi connectivity index (χ1v) is 30.8. The number of hydrogen-bond donors (Lipinski definition) is 0. The van der Waals surface area contributed by atoms with Gasteiger partial charge in [-0.3, -0.25) is 14.4 Å². The van der Waals surface area contributed by atoms with E-state index in [1.165, 1.54) is 173 Å². The fraction of sp³-hybridized carbons (Fsp3) is 0.800. The first kappa shape index (κ1) is 68.1. The number of esters is 3. The van der Waals surface area contributed by atoms with Gasteiger partial charge in [0.1, 0.15) is 13.2 Å². The molecule has 412 valence electrons. The molecule has 0 fully saturated rings. The minimum Gasteiger partial charge on any atom is -0.462 e. The Bertz CT molecular complexity index is 1280. The summed E-state index contributed by atoms with van der Waals surface area (Å²) in [5.41, 5.74) is 0. The molecule has 0 heterocycles. The second-order valence-corrected chi connectivity index (χ2v) is 20.6. The van der Waals surface area contributed by atoms with Gasteiger partial charge < -0.3 is 14.2 Å². The highest BCUT2D eigenvalue weighted by atomic mass is 16.6. The number of ether oxygens (including phenoxy) is 3. The highest BCUT2D eigenvalue weighted by Crippen LogP contribution is 2.16. The van der Waals surface area contributed by atoms with Crippen molar-refractivity contribution in [2.24, 2.45) is 0 Å². The number of allylic oxidation sites excluding steroid dienone is 10. The van der Waals surface area contributed by atoms with Crippen molar-refractivity contribution in [3.8, 4) is 0 Å². The Morgan fingerprint density at radius 3 is 0.873 bits per heavy atom. The third-order valence-corrected chi connectivity index (χ3v) is 13.5. The third-order valence-electron chi connectivity index (χ3n) is 13.5. The smallest absolute Gasteiger partial charge is 0.306 e. The average molecular weight is 994 g/mol. The fourth-order valence-corrected chi connectivity index (χ4v) is 8.86. The summed E-state index contributed by atoms with van der Waals surface area (Å²) in [5.74, 6) is -0.896. The fourth-order valence-electron chi connectivity index (χ4n) is 8.86. The van der Waals surface area contributed by atoms with Crippen LogP contribution in [-0.4, -0.2) is 37.2 Å². The predicted octanol–water partition coefficient (Wildman–Crippen LogP) is 20.8. The van der Waals surface area contributed by atoms with Gasteiger partial charge in [-0.05, 0) is 103 Å². The molecule has 0 aliphatic heterocycles. The van der Waals surface area contributed by atoms with Crippen molar-refractivity contribution < 1.29 is 28.6 Å². The maximum Gasteiger partial charge on any atom is 0.306 e. The normalized spacial score (nSPS) is 12.4. The molecule has 0 N–H and O–H groups in total. The number of unbranched alkanes of at least 4 members (excludes halogenated alkanes) is 35. The van der Waals surface area contributed by atoms with Crippen LogP contribution >= 0.6 is 0 Å². The van der Waals surface area contributed by atoms with E-state index in [1.54, 1.807) is 0 Å². The summed E-state index contributed by atoms with van der Waals surface area (Å²) in [6.07, 6.45) is 75.1. The van der Waals surface area contributed by atoms with Crippen molar-refractivity contribution in [1.29, 1.82) is 0 Å². The Kier molecular flexibility index (Phi) is 57.2. The zero-order chi connectivity index (χ0) is 51.4. The number of hydrogen-bond acceptors (Lipinski definition) is 6. The van der Waals surface area contributed by atoms with E-state index in [0.717, 1.165) is 103 Å². The molecule has 0 spiro atoms. The average Bonchev–Trinajstić information content (AvgIpc) is 3.37. The second-order valence-electron chi connectivity index (χ2n) is 20.6. The van der Waals surface area contributed by atoms with Gasteiger partial charge in [-0.25, -0.2) is 0 Å². The number of carbonyl (C=O) groups is 3. The van der Waals surface area contributed by atoms with Gasteiger partial charge in [0, 0.05) is 19.3 Å². The molecule has 0 rings (SSSR count). The molecule has 0 aromatic carbocycles. The molecule has 0 aliphatic carbocycles. The van der Waals surface area contributed by atoms with Gasteiger partial charge in [-0.2, -0.15) is 0 Å². The van der Waals surface area contributed by atoms with Crippen LogP contribution in [0.1, 0.15) is 316 Å². The SMILES string of the molecule is CC/C=C\C/C=C\C/C=C\CCCCCCCC(=O)OC(COC(=O)CCCCCCC/C=C\CCCCCCCC)COC(=O)CCCCCCCCCCCCC/C=C\CCCCCCCCCC. The van der Waals surface area contributed by atoms with Crippen molar-refractivity contribution in [3.63, 3.8) is 0 Å². The maximum atomic E-state index is 12.9. The van der Waals surface area contributed by atoms with Crippen molar-refractivity contribution in [2.45, 2.75) is 322 Å². The van der Waals surface area contributed by atoms with Crippen LogP contribution in [0, 0.1) is 0 Å². The van der Waals surface area contributed by atoms with Crippen LogP contribution in [-0.2, 0) is 28.6 Å². The highest BCUT2D eigenvalue weighted by Gasteiger charge is 2.19. The Balaban J connectivity index is 4.32. The molecule has 1 atom stereocenters. The van der Waals surface area contributed by atoms with E-state index in [9.17, 15) is 14.4 Å². The van der Waals surface area contributed by atoms with Crippen LogP contribution in [0.25, 0.3) is 0 Å². The van der Waals surface area contributed by atoms with Crippen LogP contribution < -0.4 is 0 Å². The standard InChI is InChI=1S/C65H116O6/c1-4-7-10-13-16-19-22-25-28-29-30-31-32-33-34-35-38-40-43-46-49-52-55-58-64(67)70-61-62(71-65(68)59-56-53-50-47-44-41-37-27-24-21-18-15-12-9-6-3)60-69-63(66)57-54-51-48-45-42-39-36-26-23-20-17-14-11-8-5-2/h9,12,18,21,26-27,29-30,36-37,62H,4-8,10-11,13-17,19-20,22-25,28,31-35,38-61H2,1-3H3/b12-9-,21-18-,30-29-,36-26-,37-27-. The molecule has 0 bridgehead atoms. The zero-order valence-corrected chi connectivity index (χ0v) is 47.2. The first-order chi connectivity index (χ1) is 35.0. The molecule has 6 heteroatoms. The van der Waals surface area contributed by atoms with Crippen molar-refractivity contribution in [2.75, 3.05) is 13.2 Å². The van der Waals surface area contributed by atoms with E-state index in [4.69, 9.17) is 14.2 Å². The number of carbonyl (C=O) groups excluding carboxylic acids is 3. The molecule has 6 nitrogen and oxygen atoms in total. The van der Waals surface area contributed by atoms with Gasteiger partial charge in [-0.15, -0.1) is 0 Å².